The number of carbonyl (C=O) groups excluding carboxylic acids is 1. The molecular formula is C15H12N4O. The van der Waals surface area contributed by atoms with Gasteiger partial charge in [0.05, 0.1) is 6.20 Å². The van der Waals surface area contributed by atoms with Crippen LogP contribution in [0.1, 0.15) is 10.5 Å². The summed E-state index contributed by atoms with van der Waals surface area (Å²) >= 11 is 0. The lowest BCUT2D eigenvalue weighted by Crippen LogP contribution is -2.13. The van der Waals surface area contributed by atoms with Gasteiger partial charge in [0.2, 0.25) is 0 Å². The summed E-state index contributed by atoms with van der Waals surface area (Å²) in [5.74, 6) is -0.271. The number of hydrogen-bond acceptors (Lipinski definition) is 3. The van der Waals surface area contributed by atoms with Crippen molar-refractivity contribution in [3.8, 4) is 5.69 Å². The van der Waals surface area contributed by atoms with E-state index in [1.165, 1.54) is 18.6 Å². The largest absolute Gasteiger partial charge is 0.324 e. The Morgan fingerprint density at radius 2 is 1.80 bits per heavy atom. The van der Waals surface area contributed by atoms with Gasteiger partial charge in [0.25, 0.3) is 5.91 Å². The fraction of sp³-hybridized carbons (Fsp3) is 0. The van der Waals surface area contributed by atoms with Gasteiger partial charge in [-0.15, -0.1) is 0 Å². The Morgan fingerprint density at radius 1 is 1.05 bits per heavy atom. The normalized spacial score (nSPS) is 10.2. The molecule has 2 heterocycles. The number of benzene rings is 1. The van der Waals surface area contributed by atoms with Gasteiger partial charge in [-0.25, -0.2) is 4.98 Å². The van der Waals surface area contributed by atoms with Gasteiger partial charge in [-0.2, -0.15) is 0 Å². The first kappa shape index (κ1) is 12.1. The number of hydrogen-bond donors (Lipinski definition) is 1. The van der Waals surface area contributed by atoms with Gasteiger partial charge in [0.1, 0.15) is 5.69 Å². The molecule has 20 heavy (non-hydrogen) atoms. The van der Waals surface area contributed by atoms with E-state index < -0.39 is 0 Å². The molecule has 0 aliphatic heterocycles. The molecule has 5 nitrogen and oxygen atoms in total. The lowest BCUT2D eigenvalue weighted by atomic mass is 10.2. The molecule has 0 unspecified atom stereocenters. The molecule has 0 radical (unpaired) electrons. The van der Waals surface area contributed by atoms with E-state index in [1.54, 1.807) is 0 Å². The first-order chi connectivity index (χ1) is 9.83. The predicted octanol–water partition coefficient (Wildman–Crippen LogP) is 2.52. The second-order valence-electron chi connectivity index (χ2n) is 4.18. The maximum Gasteiger partial charge on any atom is 0.275 e. The molecule has 0 spiro atoms. The van der Waals surface area contributed by atoms with E-state index in [-0.39, 0.29) is 5.91 Å². The zero-order chi connectivity index (χ0) is 13.8. The van der Waals surface area contributed by atoms with Crippen molar-refractivity contribution in [1.29, 1.82) is 0 Å². The molecule has 0 saturated carbocycles. The molecule has 0 aliphatic carbocycles. The highest BCUT2D eigenvalue weighted by atomic mass is 16.1. The second-order valence-corrected chi connectivity index (χ2v) is 4.18. The second kappa shape index (κ2) is 5.36. The number of anilines is 1. The molecule has 1 N–H and O–H groups in total. The zero-order valence-corrected chi connectivity index (χ0v) is 10.6. The van der Waals surface area contributed by atoms with Crippen molar-refractivity contribution in [3.63, 3.8) is 0 Å². The van der Waals surface area contributed by atoms with Crippen molar-refractivity contribution in [2.24, 2.45) is 0 Å². The molecule has 0 atom stereocenters. The molecule has 1 amide bonds. The molecule has 0 saturated heterocycles. The van der Waals surface area contributed by atoms with Crippen LogP contribution in [-0.4, -0.2) is 20.4 Å². The van der Waals surface area contributed by atoms with E-state index >= 15 is 0 Å². The molecular weight excluding hydrogens is 252 g/mol. The minimum atomic E-state index is -0.271. The summed E-state index contributed by atoms with van der Waals surface area (Å²) in [4.78, 5) is 19.7. The Labute approximate surface area is 115 Å². The molecule has 0 aliphatic rings. The highest BCUT2D eigenvalue weighted by Crippen LogP contribution is 2.14. The van der Waals surface area contributed by atoms with Crippen molar-refractivity contribution in [3.05, 3.63) is 73.1 Å². The number of amides is 1. The summed E-state index contributed by atoms with van der Waals surface area (Å²) in [6.07, 6.45) is 8.39. The maximum atomic E-state index is 11.9. The third kappa shape index (κ3) is 2.56. The van der Waals surface area contributed by atoms with Gasteiger partial charge in [-0.05, 0) is 36.4 Å². The Bertz CT molecular complexity index is 691. The molecule has 5 heteroatoms. The monoisotopic (exact) mass is 264 g/mol. The van der Waals surface area contributed by atoms with Gasteiger partial charge in [0.15, 0.2) is 0 Å². The average Bonchev–Trinajstić information content (AvgIpc) is 3.03. The Morgan fingerprint density at radius 3 is 2.45 bits per heavy atom. The van der Waals surface area contributed by atoms with E-state index in [1.807, 2.05) is 53.4 Å². The van der Waals surface area contributed by atoms with E-state index in [9.17, 15) is 4.79 Å². The van der Waals surface area contributed by atoms with E-state index in [0.29, 0.717) is 5.69 Å². The Balaban J connectivity index is 1.74. The quantitative estimate of drug-likeness (QED) is 0.790. The van der Waals surface area contributed by atoms with Crippen LogP contribution >= 0.6 is 0 Å². The van der Waals surface area contributed by atoms with Gasteiger partial charge < -0.3 is 9.88 Å². The van der Waals surface area contributed by atoms with E-state index in [0.717, 1.165) is 11.4 Å². The SMILES string of the molecule is O=C(Nc1ccc(-n2cccc2)cc1)c1cnccn1. The first-order valence-electron chi connectivity index (χ1n) is 6.14. The van der Waals surface area contributed by atoms with Crippen molar-refractivity contribution in [2.75, 3.05) is 5.32 Å². The molecule has 3 rings (SSSR count). The number of aromatic nitrogens is 3. The summed E-state index contributed by atoms with van der Waals surface area (Å²) in [5.41, 5.74) is 2.05. The van der Waals surface area contributed by atoms with Crippen LogP contribution < -0.4 is 5.32 Å². The topological polar surface area (TPSA) is 59.8 Å². The lowest BCUT2D eigenvalue weighted by molar-refractivity contribution is 0.102. The smallest absolute Gasteiger partial charge is 0.275 e. The number of nitrogens with zero attached hydrogens (tertiary/aromatic N) is 3. The van der Waals surface area contributed by atoms with E-state index in [2.05, 4.69) is 15.3 Å². The Kier molecular flexibility index (Phi) is 3.24. The van der Waals surface area contributed by atoms with Crippen LogP contribution in [0.25, 0.3) is 5.69 Å². The predicted molar refractivity (Wildman–Crippen MR) is 75.8 cm³/mol. The van der Waals surface area contributed by atoms with Crippen molar-refractivity contribution in [1.82, 2.24) is 14.5 Å². The molecule has 1 aromatic carbocycles. The first-order valence-corrected chi connectivity index (χ1v) is 6.14. The van der Waals surface area contributed by atoms with Crippen LogP contribution in [-0.2, 0) is 0 Å². The third-order valence-electron chi connectivity index (χ3n) is 2.82. The van der Waals surface area contributed by atoms with Crippen LogP contribution in [0.15, 0.2) is 67.4 Å². The van der Waals surface area contributed by atoms with Gasteiger partial charge in [-0.3, -0.25) is 9.78 Å². The van der Waals surface area contributed by atoms with Gasteiger partial charge in [-0.1, -0.05) is 0 Å². The average molecular weight is 264 g/mol. The van der Waals surface area contributed by atoms with E-state index in [4.69, 9.17) is 0 Å². The molecule has 98 valence electrons. The fourth-order valence-corrected chi connectivity index (χ4v) is 1.84. The van der Waals surface area contributed by atoms with Crippen molar-refractivity contribution >= 4 is 11.6 Å². The van der Waals surface area contributed by atoms with Gasteiger partial charge >= 0.3 is 0 Å². The summed E-state index contributed by atoms with van der Waals surface area (Å²) in [6, 6.07) is 11.5. The highest BCUT2D eigenvalue weighted by Gasteiger charge is 2.07. The fourth-order valence-electron chi connectivity index (χ4n) is 1.84. The highest BCUT2D eigenvalue weighted by molar-refractivity contribution is 6.02. The van der Waals surface area contributed by atoms with Crippen molar-refractivity contribution < 1.29 is 4.79 Å². The zero-order valence-electron chi connectivity index (χ0n) is 10.6. The summed E-state index contributed by atoms with van der Waals surface area (Å²) < 4.78 is 1.99. The number of carbonyl (C=O) groups is 1. The van der Waals surface area contributed by atoms with Crippen LogP contribution in [0.2, 0.25) is 0 Å². The summed E-state index contributed by atoms with van der Waals surface area (Å²) in [5, 5.41) is 2.78. The lowest BCUT2D eigenvalue weighted by Gasteiger charge is -2.06. The van der Waals surface area contributed by atoms with Crippen LogP contribution in [0, 0.1) is 0 Å². The van der Waals surface area contributed by atoms with Gasteiger partial charge in [0, 0.05) is 36.2 Å². The summed E-state index contributed by atoms with van der Waals surface area (Å²) in [7, 11) is 0. The minimum Gasteiger partial charge on any atom is -0.324 e. The molecule has 0 fully saturated rings. The molecule has 2 aromatic heterocycles. The third-order valence-corrected chi connectivity index (χ3v) is 2.82. The van der Waals surface area contributed by atoms with Crippen LogP contribution in [0.4, 0.5) is 5.69 Å². The summed E-state index contributed by atoms with van der Waals surface area (Å²) in [6.45, 7) is 0. The van der Waals surface area contributed by atoms with Crippen molar-refractivity contribution in [2.45, 2.75) is 0 Å². The standard InChI is InChI=1S/C15H12N4O/c20-15(14-11-16-7-8-17-14)18-12-3-5-13(6-4-12)19-9-1-2-10-19/h1-11H,(H,18,20). The number of rotatable bonds is 3. The Hall–Kier alpha value is -2.95. The molecule has 3 aromatic rings. The van der Waals surface area contributed by atoms with Crippen LogP contribution in [0.3, 0.4) is 0 Å². The number of nitrogens with one attached hydrogen (secondary N) is 1. The van der Waals surface area contributed by atoms with Crippen LogP contribution in [0.5, 0.6) is 0 Å². The minimum absolute atomic E-state index is 0.271. The maximum absolute atomic E-state index is 11.9. The molecule has 0 bridgehead atoms.